The zero-order valence-electron chi connectivity index (χ0n) is 11.9. The maximum absolute atomic E-state index is 11.4. The fourth-order valence-corrected chi connectivity index (χ4v) is 1.56. The van der Waals surface area contributed by atoms with Gasteiger partial charge >= 0.3 is 5.97 Å². The molecule has 0 aliphatic carbocycles. The van der Waals surface area contributed by atoms with Crippen LogP contribution in [0, 0.1) is 0 Å². The van der Waals surface area contributed by atoms with Gasteiger partial charge < -0.3 is 15.2 Å². The highest BCUT2D eigenvalue weighted by Gasteiger charge is 2.15. The van der Waals surface area contributed by atoms with Crippen LogP contribution in [0.4, 0.5) is 5.69 Å². The summed E-state index contributed by atoms with van der Waals surface area (Å²) in [4.78, 5) is 11.4. The third-order valence-electron chi connectivity index (χ3n) is 2.40. The minimum absolute atomic E-state index is 0.185. The van der Waals surface area contributed by atoms with Gasteiger partial charge in [0.15, 0.2) is 0 Å². The van der Waals surface area contributed by atoms with Crippen molar-refractivity contribution in [2.45, 2.75) is 45.8 Å². The molecule has 0 heterocycles. The van der Waals surface area contributed by atoms with Crippen molar-refractivity contribution >= 4 is 11.7 Å². The van der Waals surface area contributed by atoms with E-state index in [1.54, 1.807) is 0 Å². The average Bonchev–Trinajstić information content (AvgIpc) is 2.28. The number of esters is 1. The van der Waals surface area contributed by atoms with E-state index in [1.165, 1.54) is 0 Å². The summed E-state index contributed by atoms with van der Waals surface area (Å²) >= 11 is 0. The summed E-state index contributed by atoms with van der Waals surface area (Å²) in [6, 6.07) is 7.60. The maximum atomic E-state index is 11.4. The number of ether oxygens (including phenoxy) is 2. The summed E-state index contributed by atoms with van der Waals surface area (Å²) in [7, 11) is 0. The van der Waals surface area contributed by atoms with Crippen LogP contribution in [0.5, 0.6) is 0 Å². The number of hydrogen-bond acceptors (Lipinski definition) is 4. The average molecular weight is 265 g/mol. The number of para-hydroxylation sites is 1. The Morgan fingerprint density at radius 2 is 1.95 bits per heavy atom. The predicted molar refractivity (Wildman–Crippen MR) is 75.6 cm³/mol. The SMILES string of the molecule is CC(C)(C)OC(=O)CCCOCc1ccccc1N. The molecule has 4 nitrogen and oxygen atoms in total. The highest BCUT2D eigenvalue weighted by Crippen LogP contribution is 2.12. The van der Waals surface area contributed by atoms with Gasteiger partial charge in [-0.15, -0.1) is 0 Å². The van der Waals surface area contributed by atoms with Gasteiger partial charge in [0.25, 0.3) is 0 Å². The van der Waals surface area contributed by atoms with Crippen LogP contribution < -0.4 is 5.73 Å². The van der Waals surface area contributed by atoms with Gasteiger partial charge in [0.2, 0.25) is 0 Å². The van der Waals surface area contributed by atoms with Crippen LogP contribution in [0.25, 0.3) is 0 Å². The molecule has 106 valence electrons. The van der Waals surface area contributed by atoms with Gasteiger partial charge in [0, 0.05) is 24.3 Å². The molecule has 1 aromatic carbocycles. The standard InChI is InChI=1S/C15H23NO3/c1-15(2,3)19-14(17)9-6-10-18-11-12-7-4-5-8-13(12)16/h4-5,7-8H,6,9-11,16H2,1-3H3. The van der Waals surface area contributed by atoms with E-state index < -0.39 is 5.60 Å². The van der Waals surface area contributed by atoms with Crippen LogP contribution in [0.2, 0.25) is 0 Å². The van der Waals surface area contributed by atoms with Crippen molar-refractivity contribution in [1.82, 2.24) is 0 Å². The third-order valence-corrected chi connectivity index (χ3v) is 2.40. The zero-order chi connectivity index (χ0) is 14.3. The molecular weight excluding hydrogens is 242 g/mol. The molecule has 0 aliphatic heterocycles. The van der Waals surface area contributed by atoms with Crippen molar-refractivity contribution in [3.63, 3.8) is 0 Å². The summed E-state index contributed by atoms with van der Waals surface area (Å²) in [6.07, 6.45) is 1.03. The Bertz CT molecular complexity index is 410. The molecule has 2 N–H and O–H groups in total. The smallest absolute Gasteiger partial charge is 0.306 e. The predicted octanol–water partition coefficient (Wildman–Crippen LogP) is 2.91. The van der Waals surface area contributed by atoms with Crippen molar-refractivity contribution in [2.75, 3.05) is 12.3 Å². The van der Waals surface area contributed by atoms with E-state index in [-0.39, 0.29) is 5.97 Å². The van der Waals surface area contributed by atoms with Crippen LogP contribution in [-0.4, -0.2) is 18.2 Å². The minimum atomic E-state index is -0.420. The van der Waals surface area contributed by atoms with Gasteiger partial charge in [-0.05, 0) is 33.3 Å². The molecule has 0 aliphatic rings. The number of nitrogens with two attached hydrogens (primary N) is 1. The lowest BCUT2D eigenvalue weighted by molar-refractivity contribution is -0.155. The molecule has 1 aromatic rings. The molecule has 19 heavy (non-hydrogen) atoms. The summed E-state index contributed by atoms with van der Waals surface area (Å²) in [5.74, 6) is -0.185. The van der Waals surface area contributed by atoms with E-state index in [0.29, 0.717) is 26.1 Å². The van der Waals surface area contributed by atoms with Crippen molar-refractivity contribution in [1.29, 1.82) is 0 Å². The van der Waals surface area contributed by atoms with Crippen molar-refractivity contribution in [3.05, 3.63) is 29.8 Å². The first kappa shape index (κ1) is 15.5. The van der Waals surface area contributed by atoms with E-state index in [2.05, 4.69) is 0 Å². The fourth-order valence-electron chi connectivity index (χ4n) is 1.56. The first-order chi connectivity index (χ1) is 8.88. The van der Waals surface area contributed by atoms with Gasteiger partial charge in [-0.2, -0.15) is 0 Å². The normalized spacial score (nSPS) is 11.3. The van der Waals surface area contributed by atoms with E-state index in [4.69, 9.17) is 15.2 Å². The van der Waals surface area contributed by atoms with Crippen LogP contribution >= 0.6 is 0 Å². The molecule has 0 aromatic heterocycles. The highest BCUT2D eigenvalue weighted by atomic mass is 16.6. The Kier molecular flexibility index (Phi) is 5.83. The number of rotatable bonds is 6. The van der Waals surface area contributed by atoms with Gasteiger partial charge in [0.05, 0.1) is 6.61 Å². The molecule has 0 amide bonds. The van der Waals surface area contributed by atoms with Gasteiger partial charge in [0.1, 0.15) is 5.60 Å². The zero-order valence-corrected chi connectivity index (χ0v) is 11.9. The topological polar surface area (TPSA) is 61.5 Å². The number of anilines is 1. The molecule has 4 heteroatoms. The number of benzene rings is 1. The van der Waals surface area contributed by atoms with E-state index in [0.717, 1.165) is 11.3 Å². The lowest BCUT2D eigenvalue weighted by atomic mass is 10.2. The van der Waals surface area contributed by atoms with E-state index in [9.17, 15) is 4.79 Å². The number of hydrogen-bond donors (Lipinski definition) is 1. The van der Waals surface area contributed by atoms with Crippen LogP contribution in [0.1, 0.15) is 39.2 Å². The lowest BCUT2D eigenvalue weighted by Crippen LogP contribution is -2.23. The second-order valence-corrected chi connectivity index (χ2v) is 5.44. The van der Waals surface area contributed by atoms with Crippen molar-refractivity contribution < 1.29 is 14.3 Å². The first-order valence-corrected chi connectivity index (χ1v) is 6.51. The molecule has 0 unspecified atom stereocenters. The first-order valence-electron chi connectivity index (χ1n) is 6.51. The number of carbonyl (C=O) groups excluding carboxylic acids is 1. The summed E-state index contributed by atoms with van der Waals surface area (Å²) in [5.41, 5.74) is 7.08. The molecule has 0 saturated carbocycles. The van der Waals surface area contributed by atoms with E-state index in [1.807, 2.05) is 45.0 Å². The molecular formula is C15H23NO3. The van der Waals surface area contributed by atoms with Crippen molar-refractivity contribution in [2.24, 2.45) is 0 Å². The van der Waals surface area contributed by atoms with E-state index >= 15 is 0 Å². The Morgan fingerprint density at radius 3 is 2.58 bits per heavy atom. The quantitative estimate of drug-likeness (QED) is 0.488. The second kappa shape index (κ2) is 7.14. The lowest BCUT2D eigenvalue weighted by Gasteiger charge is -2.19. The van der Waals surface area contributed by atoms with Crippen LogP contribution in [0.15, 0.2) is 24.3 Å². The molecule has 0 saturated heterocycles. The maximum Gasteiger partial charge on any atom is 0.306 e. The highest BCUT2D eigenvalue weighted by molar-refractivity contribution is 5.69. The number of carbonyl (C=O) groups is 1. The van der Waals surface area contributed by atoms with Gasteiger partial charge in [-0.1, -0.05) is 18.2 Å². The van der Waals surface area contributed by atoms with Crippen LogP contribution in [0.3, 0.4) is 0 Å². The Hall–Kier alpha value is -1.55. The molecule has 0 radical (unpaired) electrons. The van der Waals surface area contributed by atoms with Gasteiger partial charge in [-0.3, -0.25) is 4.79 Å². The Balaban J connectivity index is 2.15. The summed E-state index contributed by atoms with van der Waals surface area (Å²) in [6.45, 7) is 6.58. The largest absolute Gasteiger partial charge is 0.460 e. The molecule has 1 rings (SSSR count). The molecule has 0 spiro atoms. The Labute approximate surface area is 114 Å². The third kappa shape index (κ3) is 6.82. The van der Waals surface area contributed by atoms with Gasteiger partial charge in [-0.25, -0.2) is 0 Å². The molecule has 0 atom stereocenters. The summed E-state index contributed by atoms with van der Waals surface area (Å²) in [5, 5.41) is 0. The fraction of sp³-hybridized carbons (Fsp3) is 0.533. The Morgan fingerprint density at radius 1 is 1.26 bits per heavy atom. The summed E-state index contributed by atoms with van der Waals surface area (Å²) < 4.78 is 10.7. The second-order valence-electron chi connectivity index (χ2n) is 5.44. The molecule has 0 fully saturated rings. The minimum Gasteiger partial charge on any atom is -0.460 e. The molecule has 0 bridgehead atoms. The van der Waals surface area contributed by atoms with Crippen LogP contribution in [-0.2, 0) is 20.9 Å². The number of nitrogen functional groups attached to an aromatic ring is 1. The monoisotopic (exact) mass is 265 g/mol. The van der Waals surface area contributed by atoms with Crippen molar-refractivity contribution in [3.8, 4) is 0 Å².